The van der Waals surface area contributed by atoms with Crippen LogP contribution in [0.2, 0.25) is 0 Å². The molecule has 6 amide bonds. The van der Waals surface area contributed by atoms with Gasteiger partial charge in [-0.1, -0.05) is 152 Å². The normalized spacial score (nSPS) is 16.4. The molecule has 2 unspecified atom stereocenters. The second kappa shape index (κ2) is 31.0. The van der Waals surface area contributed by atoms with Gasteiger partial charge in [0.2, 0.25) is 23.6 Å². The highest BCUT2D eigenvalue weighted by Gasteiger charge is 2.43. The first-order valence-corrected chi connectivity index (χ1v) is 30.5. The van der Waals surface area contributed by atoms with E-state index in [0.29, 0.717) is 29.0 Å². The number of urea groups is 1. The zero-order chi connectivity index (χ0) is 65.5. The smallest absolute Gasteiger partial charge is 0.331 e. The van der Waals surface area contributed by atoms with Gasteiger partial charge in [0.1, 0.15) is 30.2 Å². The van der Waals surface area contributed by atoms with E-state index >= 15 is 0 Å². The van der Waals surface area contributed by atoms with Gasteiger partial charge in [0.05, 0.1) is 30.7 Å². The van der Waals surface area contributed by atoms with Gasteiger partial charge in [-0.25, -0.2) is 9.59 Å². The van der Waals surface area contributed by atoms with Crippen molar-refractivity contribution in [2.75, 3.05) is 32.1 Å². The largest absolute Gasteiger partial charge is 0.486 e. The maximum absolute atomic E-state index is 14.3. The lowest BCUT2D eigenvalue weighted by Crippen LogP contribution is -2.61. The van der Waals surface area contributed by atoms with Crippen molar-refractivity contribution in [1.82, 2.24) is 31.6 Å². The van der Waals surface area contributed by atoms with Crippen molar-refractivity contribution in [1.29, 1.82) is 0 Å². The van der Waals surface area contributed by atoms with Crippen LogP contribution in [0.3, 0.4) is 0 Å². The van der Waals surface area contributed by atoms with Crippen LogP contribution in [0.15, 0.2) is 119 Å². The highest BCUT2D eigenvalue weighted by molar-refractivity contribution is 5.98. The van der Waals surface area contributed by atoms with E-state index in [1.54, 1.807) is 49.3 Å². The molecule has 0 spiro atoms. The zero-order valence-electron chi connectivity index (χ0n) is 53.5. The molecule has 8 N–H and O–H groups in total. The fraction of sp³-hybridized carbons (Fsp3) is 0.485. The Labute approximate surface area is 522 Å². The molecule has 89 heavy (non-hydrogen) atoms. The maximum atomic E-state index is 14.3. The summed E-state index contributed by atoms with van der Waals surface area (Å²) in [6.07, 6.45) is 1.64. The molecule has 7 atom stereocenters. The van der Waals surface area contributed by atoms with Gasteiger partial charge in [0.25, 0.3) is 0 Å². The van der Waals surface area contributed by atoms with Crippen LogP contribution >= 0.6 is 0 Å². The maximum Gasteiger partial charge on any atom is 0.331 e. The molecule has 0 fully saturated rings. The number of hydrogen-bond acceptors (Lipinski definition) is 14. The molecular weight excluding hydrogens is 1130 g/mol. The number of amides is 6. The van der Waals surface area contributed by atoms with Gasteiger partial charge in [0, 0.05) is 73.9 Å². The molecule has 4 aromatic carbocycles. The Morgan fingerprint density at radius 2 is 1.47 bits per heavy atom. The van der Waals surface area contributed by atoms with E-state index in [2.05, 4.69) is 37.0 Å². The minimum absolute atomic E-state index is 0.0260. The zero-order valence-corrected chi connectivity index (χ0v) is 53.5. The molecule has 0 saturated heterocycles. The summed E-state index contributed by atoms with van der Waals surface area (Å²) >= 11 is 0. The van der Waals surface area contributed by atoms with Gasteiger partial charge in [-0.05, 0) is 90.1 Å². The lowest BCUT2D eigenvalue weighted by Gasteiger charge is -2.40. The van der Waals surface area contributed by atoms with Crippen LogP contribution in [0.1, 0.15) is 147 Å². The summed E-state index contributed by atoms with van der Waals surface area (Å²) in [7, 11) is 3.28. The van der Waals surface area contributed by atoms with Gasteiger partial charge in [-0.3, -0.25) is 39.0 Å². The minimum Gasteiger partial charge on any atom is -0.486 e. The van der Waals surface area contributed by atoms with Crippen LogP contribution in [0, 0.1) is 23.2 Å². The molecule has 2 aliphatic heterocycles. The number of carbonyl (C=O) groups excluding carboxylic acids is 8. The summed E-state index contributed by atoms with van der Waals surface area (Å²) in [5.74, 6) is -4.25. The van der Waals surface area contributed by atoms with E-state index in [4.69, 9.17) is 10.5 Å². The van der Waals surface area contributed by atoms with Crippen molar-refractivity contribution in [2.45, 2.75) is 162 Å². The fourth-order valence-corrected chi connectivity index (χ4v) is 11.5. The summed E-state index contributed by atoms with van der Waals surface area (Å²) in [6.45, 7) is 18.5. The van der Waals surface area contributed by atoms with Gasteiger partial charge < -0.3 is 46.6 Å². The Morgan fingerprint density at radius 3 is 2.11 bits per heavy atom. The number of ether oxygens (including phenoxy) is 1. The quantitative estimate of drug-likeness (QED) is 0.0192. The second-order valence-electron chi connectivity index (χ2n) is 25.7. The number of rotatable bonds is 30. The number of nitrogens with zero attached hydrogens (tertiary/aromatic N) is 4. The first-order valence-electron chi connectivity index (χ1n) is 30.5. The van der Waals surface area contributed by atoms with E-state index in [0.717, 1.165) is 22.3 Å². The Bertz CT molecular complexity index is 3280. The summed E-state index contributed by atoms with van der Waals surface area (Å²) in [5.41, 5.74) is 12.5. The third-order valence-corrected chi connectivity index (χ3v) is 16.8. The average molecular weight is 1220 g/mol. The molecular formula is C68H90N10O11. The Kier molecular flexibility index (Phi) is 24.2. The summed E-state index contributed by atoms with van der Waals surface area (Å²) < 4.78 is 5.90. The molecule has 0 saturated carbocycles. The highest BCUT2D eigenvalue weighted by atomic mass is 16.5. The number of nitrogens with one attached hydrogen (secondary N) is 5. The average Bonchev–Trinajstić information content (AvgIpc) is 1.84. The Hall–Kier alpha value is -8.59. The first-order chi connectivity index (χ1) is 42.0. The van der Waals surface area contributed by atoms with Crippen LogP contribution in [0.25, 0.3) is 0 Å². The minimum atomic E-state index is -1.08. The third kappa shape index (κ3) is 18.5. The van der Waals surface area contributed by atoms with Crippen LogP contribution in [0.5, 0.6) is 5.75 Å². The van der Waals surface area contributed by atoms with E-state index in [1.807, 2.05) is 135 Å². The monoisotopic (exact) mass is 1220 g/mol. The number of primary amides is 1. The summed E-state index contributed by atoms with van der Waals surface area (Å²) in [4.78, 5) is 124. The number of carbonyl (C=O) groups is 9. The standard InChI is InChI=1S/C68H90N10O11/c1-40(2)52(37-47(79)28-31-57(82)78-38-45-20-13-14-22-50(45)58-59(75-76-74-58)51-23-15-16-25-54(51)78)62(83)72-53(24-18-32-71-66(69)88)56(81)36-43-26-29-49(30-27-43)89-39-48(80)35-44-19-17-21-46(34-44)68(9,10)60(70-11)63(84)73-61(67(6,7)8)64(85)77(12)55(41(3)4)33-42(5)65(86)87/h13-17,19-23,25-27,29-30,33-34,40-41,52-53,55,58-61,70H,18,24,28,31-32,35-39H2,1-12H3,(H,72,83)(H,73,84)(H,74,75)(H,86,87)(H3,69,71,88)/b42-33+/t52-,53-,55-,58?,59?,60+,61+/m0/s1. The SMILES string of the molecule is CN[C@H](C(=O)N[C@H](C(=O)N(C)[C@@H](/C=C(\C)C(=O)O)C(C)C)C(C)(C)C)C(C)(C)c1cccc(CC(=O)COc2ccc(CC(=O)[C@H](CCCNC(N)=O)NC(=O)[C@@H](CC(=O)CCC(=O)N3Cc4ccccc4C4NN=NC4c4ccccc43)C(C)C)cc2)c1. The molecule has 0 aliphatic carbocycles. The van der Waals surface area contributed by atoms with Crippen molar-refractivity contribution in [3.8, 4) is 5.75 Å². The number of hydrogen-bond donors (Lipinski definition) is 7. The second-order valence-corrected chi connectivity index (χ2v) is 25.7. The lowest BCUT2D eigenvalue weighted by molar-refractivity contribution is -0.141. The number of ketones is 3. The van der Waals surface area contributed by atoms with E-state index in [9.17, 15) is 48.3 Å². The first kappa shape index (κ1) is 69.5. The molecule has 0 bridgehead atoms. The number of likely N-dealkylation sites (N-methyl/N-ethyl adjacent to an activating group) is 2. The summed E-state index contributed by atoms with van der Waals surface area (Å²) in [6, 6.07) is 24.9. The van der Waals surface area contributed by atoms with E-state index in [-0.39, 0.29) is 117 Å². The number of aliphatic carboxylic acids is 1. The molecule has 4 aromatic rings. The van der Waals surface area contributed by atoms with Crippen LogP contribution in [0.4, 0.5) is 10.5 Å². The van der Waals surface area contributed by atoms with Crippen molar-refractivity contribution in [2.24, 2.45) is 39.2 Å². The summed E-state index contributed by atoms with van der Waals surface area (Å²) in [5, 5.41) is 29.8. The van der Waals surface area contributed by atoms with Crippen LogP contribution < -0.4 is 42.1 Å². The molecule has 478 valence electrons. The molecule has 2 aliphatic rings. The Morgan fingerprint density at radius 1 is 0.798 bits per heavy atom. The fourth-order valence-electron chi connectivity index (χ4n) is 11.5. The van der Waals surface area contributed by atoms with E-state index in [1.165, 1.54) is 11.8 Å². The number of carboxylic acid groups (broad SMARTS) is 1. The van der Waals surface area contributed by atoms with Gasteiger partial charge in [-0.15, -0.1) is 0 Å². The lowest BCUT2D eigenvalue weighted by atomic mass is 9.76. The van der Waals surface area contributed by atoms with Crippen molar-refractivity contribution < 1.29 is 53.0 Å². The third-order valence-electron chi connectivity index (χ3n) is 16.8. The van der Waals surface area contributed by atoms with Crippen molar-refractivity contribution >= 4 is 58.7 Å². The number of carboxylic acids is 1. The van der Waals surface area contributed by atoms with E-state index < -0.39 is 64.7 Å². The van der Waals surface area contributed by atoms with Crippen LogP contribution in [-0.4, -0.2) is 114 Å². The number of anilines is 1. The van der Waals surface area contributed by atoms with Gasteiger partial charge >= 0.3 is 12.0 Å². The van der Waals surface area contributed by atoms with Gasteiger partial charge in [-0.2, -0.15) is 5.11 Å². The van der Waals surface area contributed by atoms with Gasteiger partial charge in [0.15, 0.2) is 11.6 Å². The molecule has 21 nitrogen and oxygen atoms in total. The number of benzene rings is 4. The molecule has 0 radical (unpaired) electrons. The molecule has 2 heterocycles. The number of Topliss-reactive ketones (excluding diaryl/α,β-unsaturated/α-hetero) is 3. The number of nitrogens with two attached hydrogens (primary N) is 1. The molecule has 0 aromatic heterocycles. The van der Waals surface area contributed by atoms with Crippen LogP contribution in [-0.2, 0) is 63.2 Å². The van der Waals surface area contributed by atoms with Crippen molar-refractivity contribution in [3.05, 3.63) is 142 Å². The number of fused-ring (bicyclic) bond motifs is 5. The predicted octanol–water partition coefficient (Wildman–Crippen LogP) is 8.14. The van der Waals surface area contributed by atoms with Crippen molar-refractivity contribution in [3.63, 3.8) is 0 Å². The topological polar surface area (TPSA) is 300 Å². The highest BCUT2D eigenvalue weighted by Crippen LogP contribution is 2.44. The number of para-hydroxylation sites is 1. The Balaban J connectivity index is 1.04. The predicted molar refractivity (Wildman–Crippen MR) is 339 cm³/mol. The molecule has 6 rings (SSSR count). The molecule has 21 heteroatoms.